The van der Waals surface area contributed by atoms with E-state index < -0.39 is 17.9 Å². The summed E-state index contributed by atoms with van der Waals surface area (Å²) in [6.45, 7) is 2.68. The number of carbonyl (C=O) groups excluding carboxylic acids is 1. The number of amides is 1. The molecule has 1 aromatic carbocycles. The lowest BCUT2D eigenvalue weighted by Crippen LogP contribution is -2.41. The SMILES string of the molecule is CCOc1ccc(C(=O)NC(CCOC)C(=O)O)cc1. The van der Waals surface area contributed by atoms with Crippen LogP contribution in [0.25, 0.3) is 0 Å². The Morgan fingerprint density at radius 1 is 1.30 bits per heavy atom. The predicted octanol–water partition coefficient (Wildman–Crippen LogP) is 1.30. The fourth-order valence-electron chi connectivity index (χ4n) is 1.60. The van der Waals surface area contributed by atoms with Gasteiger partial charge in [0.25, 0.3) is 5.91 Å². The number of aliphatic carboxylic acids is 1. The first-order chi connectivity index (χ1) is 9.58. The average Bonchev–Trinajstić information content (AvgIpc) is 2.44. The summed E-state index contributed by atoms with van der Waals surface area (Å²) in [5.41, 5.74) is 0.386. The van der Waals surface area contributed by atoms with Crippen molar-refractivity contribution < 1.29 is 24.2 Å². The number of benzene rings is 1. The first-order valence-corrected chi connectivity index (χ1v) is 6.34. The van der Waals surface area contributed by atoms with E-state index in [-0.39, 0.29) is 13.0 Å². The van der Waals surface area contributed by atoms with Gasteiger partial charge in [-0.05, 0) is 31.2 Å². The molecule has 110 valence electrons. The van der Waals surface area contributed by atoms with Crippen LogP contribution in [0.2, 0.25) is 0 Å². The van der Waals surface area contributed by atoms with Gasteiger partial charge in [-0.3, -0.25) is 4.79 Å². The van der Waals surface area contributed by atoms with Gasteiger partial charge in [0.05, 0.1) is 6.61 Å². The Bertz CT molecular complexity index is 443. The lowest BCUT2D eigenvalue weighted by molar-refractivity contribution is -0.139. The van der Waals surface area contributed by atoms with Crippen molar-refractivity contribution in [2.45, 2.75) is 19.4 Å². The summed E-state index contributed by atoms with van der Waals surface area (Å²) in [6, 6.07) is 5.56. The summed E-state index contributed by atoms with van der Waals surface area (Å²) in [4.78, 5) is 23.0. The quantitative estimate of drug-likeness (QED) is 0.750. The third kappa shape index (κ3) is 4.89. The first kappa shape index (κ1) is 16.0. The maximum atomic E-state index is 11.9. The van der Waals surface area contributed by atoms with Crippen molar-refractivity contribution in [1.29, 1.82) is 0 Å². The maximum Gasteiger partial charge on any atom is 0.326 e. The second-order valence-electron chi connectivity index (χ2n) is 4.10. The van der Waals surface area contributed by atoms with E-state index in [9.17, 15) is 9.59 Å². The van der Waals surface area contributed by atoms with Gasteiger partial charge < -0.3 is 19.9 Å². The maximum absolute atomic E-state index is 11.9. The Balaban J connectivity index is 2.65. The Morgan fingerprint density at radius 2 is 1.95 bits per heavy atom. The molecule has 0 aliphatic heterocycles. The highest BCUT2D eigenvalue weighted by Crippen LogP contribution is 2.12. The molecule has 1 amide bonds. The molecule has 0 fully saturated rings. The fourth-order valence-corrected chi connectivity index (χ4v) is 1.60. The van der Waals surface area contributed by atoms with Gasteiger partial charge in [-0.25, -0.2) is 4.79 Å². The minimum atomic E-state index is -1.08. The van der Waals surface area contributed by atoms with Crippen LogP contribution in [0.4, 0.5) is 0 Å². The molecule has 1 aromatic rings. The molecule has 0 bridgehead atoms. The summed E-state index contributed by atoms with van der Waals surface area (Å²) in [7, 11) is 1.48. The molecule has 1 unspecified atom stereocenters. The van der Waals surface area contributed by atoms with E-state index in [2.05, 4.69) is 5.32 Å². The van der Waals surface area contributed by atoms with Crippen LogP contribution in [0.5, 0.6) is 5.75 Å². The topological polar surface area (TPSA) is 84.9 Å². The third-order valence-corrected chi connectivity index (χ3v) is 2.64. The lowest BCUT2D eigenvalue weighted by Gasteiger charge is -2.14. The van der Waals surface area contributed by atoms with Crippen LogP contribution in [-0.4, -0.2) is 43.3 Å². The summed E-state index contributed by atoms with van der Waals surface area (Å²) in [5, 5.41) is 11.5. The number of methoxy groups -OCH3 is 1. The molecule has 1 atom stereocenters. The van der Waals surface area contributed by atoms with Crippen LogP contribution < -0.4 is 10.1 Å². The van der Waals surface area contributed by atoms with Gasteiger partial charge in [0.15, 0.2) is 0 Å². The van der Waals surface area contributed by atoms with E-state index in [0.717, 1.165) is 0 Å². The van der Waals surface area contributed by atoms with Crippen molar-refractivity contribution >= 4 is 11.9 Å². The van der Waals surface area contributed by atoms with Gasteiger partial charge >= 0.3 is 5.97 Å². The molecule has 0 radical (unpaired) electrons. The summed E-state index contributed by atoms with van der Waals surface area (Å²) < 4.78 is 10.1. The van der Waals surface area contributed by atoms with Crippen molar-refractivity contribution in [3.8, 4) is 5.75 Å². The van der Waals surface area contributed by atoms with Gasteiger partial charge in [0, 0.05) is 25.7 Å². The van der Waals surface area contributed by atoms with E-state index in [1.54, 1.807) is 24.3 Å². The number of carbonyl (C=O) groups is 2. The monoisotopic (exact) mass is 281 g/mol. The van der Waals surface area contributed by atoms with Crippen LogP contribution in [-0.2, 0) is 9.53 Å². The molecule has 0 aromatic heterocycles. The van der Waals surface area contributed by atoms with E-state index in [0.29, 0.717) is 17.9 Å². The minimum absolute atomic E-state index is 0.217. The molecule has 0 aliphatic carbocycles. The average molecular weight is 281 g/mol. The number of hydrogen-bond acceptors (Lipinski definition) is 4. The zero-order valence-corrected chi connectivity index (χ0v) is 11.6. The number of carboxylic acids is 1. The van der Waals surface area contributed by atoms with E-state index in [4.69, 9.17) is 14.6 Å². The second-order valence-corrected chi connectivity index (χ2v) is 4.10. The molecule has 6 heteroatoms. The number of nitrogens with one attached hydrogen (secondary N) is 1. The Kier molecular flexibility index (Phi) is 6.52. The van der Waals surface area contributed by atoms with E-state index >= 15 is 0 Å². The molecule has 6 nitrogen and oxygen atoms in total. The van der Waals surface area contributed by atoms with Gasteiger partial charge in [-0.2, -0.15) is 0 Å². The highest BCUT2D eigenvalue weighted by molar-refractivity contribution is 5.96. The molecule has 20 heavy (non-hydrogen) atoms. The summed E-state index contributed by atoms with van der Waals surface area (Å²) >= 11 is 0. The summed E-state index contributed by atoms with van der Waals surface area (Å²) in [6.07, 6.45) is 0.217. The number of rotatable bonds is 8. The second kappa shape index (κ2) is 8.16. The van der Waals surface area contributed by atoms with Gasteiger partial charge in [0.1, 0.15) is 11.8 Å². The highest BCUT2D eigenvalue weighted by atomic mass is 16.5. The van der Waals surface area contributed by atoms with E-state index in [1.807, 2.05) is 6.92 Å². The molecular weight excluding hydrogens is 262 g/mol. The molecule has 0 saturated heterocycles. The standard InChI is InChI=1S/C14H19NO5/c1-3-20-11-6-4-10(5-7-11)13(16)15-12(14(17)18)8-9-19-2/h4-7,12H,3,8-9H2,1-2H3,(H,15,16)(H,17,18). The molecule has 0 spiro atoms. The van der Waals surface area contributed by atoms with Crippen LogP contribution in [0.3, 0.4) is 0 Å². The van der Waals surface area contributed by atoms with Gasteiger partial charge in [-0.15, -0.1) is 0 Å². The zero-order valence-electron chi connectivity index (χ0n) is 11.6. The largest absolute Gasteiger partial charge is 0.494 e. The first-order valence-electron chi connectivity index (χ1n) is 6.34. The van der Waals surface area contributed by atoms with Gasteiger partial charge in [0.2, 0.25) is 0 Å². The summed E-state index contributed by atoms with van der Waals surface area (Å²) in [5.74, 6) is -0.851. The Labute approximate surface area is 117 Å². The van der Waals surface area contributed by atoms with Crippen molar-refractivity contribution in [1.82, 2.24) is 5.32 Å². The third-order valence-electron chi connectivity index (χ3n) is 2.64. The zero-order chi connectivity index (χ0) is 15.0. The molecule has 0 saturated carbocycles. The Hall–Kier alpha value is -2.08. The number of ether oxygens (including phenoxy) is 2. The lowest BCUT2D eigenvalue weighted by atomic mass is 10.1. The van der Waals surface area contributed by atoms with Crippen LogP contribution in [0.1, 0.15) is 23.7 Å². The molecule has 0 heterocycles. The van der Waals surface area contributed by atoms with Crippen molar-refractivity contribution in [3.05, 3.63) is 29.8 Å². The molecule has 0 aliphatic rings. The van der Waals surface area contributed by atoms with E-state index in [1.165, 1.54) is 7.11 Å². The normalized spacial score (nSPS) is 11.7. The Morgan fingerprint density at radius 3 is 2.45 bits per heavy atom. The number of carboxylic acid groups (broad SMARTS) is 1. The van der Waals surface area contributed by atoms with Crippen LogP contribution >= 0.6 is 0 Å². The molecular formula is C14H19NO5. The van der Waals surface area contributed by atoms with Crippen LogP contribution in [0, 0.1) is 0 Å². The van der Waals surface area contributed by atoms with Crippen molar-refractivity contribution in [2.75, 3.05) is 20.3 Å². The van der Waals surface area contributed by atoms with Crippen molar-refractivity contribution in [2.24, 2.45) is 0 Å². The smallest absolute Gasteiger partial charge is 0.326 e. The fraction of sp³-hybridized carbons (Fsp3) is 0.429. The molecule has 1 rings (SSSR count). The highest BCUT2D eigenvalue weighted by Gasteiger charge is 2.20. The minimum Gasteiger partial charge on any atom is -0.494 e. The van der Waals surface area contributed by atoms with Crippen LogP contribution in [0.15, 0.2) is 24.3 Å². The number of hydrogen-bond donors (Lipinski definition) is 2. The van der Waals surface area contributed by atoms with Crippen molar-refractivity contribution in [3.63, 3.8) is 0 Å². The molecule has 2 N–H and O–H groups in total. The van der Waals surface area contributed by atoms with Gasteiger partial charge in [-0.1, -0.05) is 0 Å². The predicted molar refractivity (Wildman–Crippen MR) is 73.0 cm³/mol.